The highest BCUT2D eigenvalue weighted by Gasteiger charge is 2.08. The summed E-state index contributed by atoms with van der Waals surface area (Å²) in [4.78, 5) is 8.37. The van der Waals surface area contributed by atoms with E-state index in [0.717, 1.165) is 6.07 Å². The van der Waals surface area contributed by atoms with E-state index in [2.05, 4.69) is 15.3 Å². The third-order valence-corrected chi connectivity index (χ3v) is 2.95. The minimum absolute atomic E-state index is 0.0271. The second-order valence-electron chi connectivity index (χ2n) is 3.68. The van der Waals surface area contributed by atoms with Crippen LogP contribution in [-0.2, 0) is 0 Å². The zero-order valence-corrected chi connectivity index (χ0v) is 11.7. The Hall–Kier alpha value is -2.33. The summed E-state index contributed by atoms with van der Waals surface area (Å²) in [5, 5.41) is 12.1. The lowest BCUT2D eigenvalue weighted by atomic mass is 10.2. The molecule has 0 aliphatic carbocycles. The molecule has 5 nitrogen and oxygen atoms in total. The van der Waals surface area contributed by atoms with E-state index in [1.807, 2.05) is 6.26 Å². The van der Waals surface area contributed by atoms with Gasteiger partial charge in [0.05, 0.1) is 5.56 Å². The summed E-state index contributed by atoms with van der Waals surface area (Å²) in [5.41, 5.74) is -0.0271. The van der Waals surface area contributed by atoms with E-state index < -0.39 is 5.82 Å². The maximum absolute atomic E-state index is 13.5. The molecule has 0 saturated carbocycles. The molecule has 20 heavy (non-hydrogen) atoms. The van der Waals surface area contributed by atoms with Gasteiger partial charge in [-0.25, -0.2) is 9.37 Å². The Bertz CT molecular complexity index is 650. The molecule has 0 radical (unpaired) electrons. The first-order valence-corrected chi connectivity index (χ1v) is 6.87. The van der Waals surface area contributed by atoms with Crippen molar-refractivity contribution in [1.29, 1.82) is 5.26 Å². The Balaban J connectivity index is 2.30. The largest absolute Gasteiger partial charge is 0.439 e. The Morgan fingerprint density at radius 3 is 2.75 bits per heavy atom. The van der Waals surface area contributed by atoms with Gasteiger partial charge in [-0.2, -0.15) is 10.2 Å². The molecule has 1 aromatic heterocycles. The minimum Gasteiger partial charge on any atom is -0.439 e. The average molecular weight is 290 g/mol. The first-order valence-electron chi connectivity index (χ1n) is 5.64. The lowest BCUT2D eigenvalue weighted by Gasteiger charge is -2.08. The summed E-state index contributed by atoms with van der Waals surface area (Å²) in [6.07, 6.45) is 1.85. The van der Waals surface area contributed by atoms with Crippen LogP contribution in [0.2, 0.25) is 0 Å². The fourth-order valence-corrected chi connectivity index (χ4v) is 1.82. The molecule has 0 aliphatic rings. The van der Waals surface area contributed by atoms with Crippen LogP contribution in [0.3, 0.4) is 0 Å². The second-order valence-corrected chi connectivity index (χ2v) is 4.46. The molecule has 0 amide bonds. The number of hydrogen-bond acceptors (Lipinski definition) is 6. The molecule has 0 saturated heterocycles. The number of halogens is 1. The van der Waals surface area contributed by atoms with Gasteiger partial charge < -0.3 is 10.1 Å². The number of nitrogens with zero attached hydrogens (tertiary/aromatic N) is 3. The van der Waals surface area contributed by atoms with Crippen molar-refractivity contribution in [2.24, 2.45) is 0 Å². The number of aromatic nitrogens is 2. The van der Waals surface area contributed by atoms with Crippen LogP contribution >= 0.6 is 11.8 Å². The van der Waals surface area contributed by atoms with Gasteiger partial charge in [0, 0.05) is 19.2 Å². The van der Waals surface area contributed by atoms with Crippen LogP contribution < -0.4 is 10.1 Å². The monoisotopic (exact) mass is 290 g/mol. The standard InChI is InChI=1S/C13H11FN4OS/c1-16-11-6-12(18-13(17-11)20-2)19-9-4-3-8(7-15)10(14)5-9/h3-6H,1-2H3,(H,16,17,18). The van der Waals surface area contributed by atoms with Crippen LogP contribution in [-0.4, -0.2) is 23.3 Å². The van der Waals surface area contributed by atoms with Crippen LogP contribution in [0.5, 0.6) is 11.6 Å². The molecule has 1 heterocycles. The summed E-state index contributed by atoms with van der Waals surface area (Å²) in [6.45, 7) is 0. The number of anilines is 1. The van der Waals surface area contributed by atoms with Gasteiger partial charge in [-0.15, -0.1) is 0 Å². The van der Waals surface area contributed by atoms with Gasteiger partial charge in [-0.05, 0) is 18.4 Å². The number of rotatable bonds is 4. The Morgan fingerprint density at radius 1 is 1.35 bits per heavy atom. The van der Waals surface area contributed by atoms with Crippen molar-refractivity contribution in [3.63, 3.8) is 0 Å². The SMILES string of the molecule is CNc1cc(Oc2ccc(C#N)c(F)c2)nc(SC)n1. The molecule has 7 heteroatoms. The zero-order valence-electron chi connectivity index (χ0n) is 10.8. The van der Waals surface area contributed by atoms with Gasteiger partial charge in [-0.1, -0.05) is 11.8 Å². The van der Waals surface area contributed by atoms with Gasteiger partial charge >= 0.3 is 0 Å². The quantitative estimate of drug-likeness (QED) is 0.689. The summed E-state index contributed by atoms with van der Waals surface area (Å²) in [6, 6.07) is 7.39. The van der Waals surface area contributed by atoms with Crippen LogP contribution in [0.1, 0.15) is 5.56 Å². The Kier molecular flexibility index (Phi) is 4.38. The number of ether oxygens (including phenoxy) is 1. The van der Waals surface area contributed by atoms with E-state index in [9.17, 15) is 4.39 Å². The lowest BCUT2D eigenvalue weighted by molar-refractivity contribution is 0.451. The van der Waals surface area contributed by atoms with Crippen LogP contribution in [0, 0.1) is 17.1 Å². The highest BCUT2D eigenvalue weighted by atomic mass is 32.2. The van der Waals surface area contributed by atoms with Crippen molar-refractivity contribution in [2.75, 3.05) is 18.6 Å². The summed E-state index contributed by atoms with van der Waals surface area (Å²) >= 11 is 1.37. The summed E-state index contributed by atoms with van der Waals surface area (Å²) < 4.78 is 19.0. The minimum atomic E-state index is -0.627. The smallest absolute Gasteiger partial charge is 0.225 e. The van der Waals surface area contributed by atoms with Crippen LogP contribution in [0.25, 0.3) is 0 Å². The van der Waals surface area contributed by atoms with Gasteiger partial charge in [0.2, 0.25) is 5.88 Å². The number of benzene rings is 1. The number of thioether (sulfide) groups is 1. The highest BCUT2D eigenvalue weighted by Crippen LogP contribution is 2.25. The molecule has 0 bridgehead atoms. The second kappa shape index (κ2) is 6.21. The zero-order chi connectivity index (χ0) is 14.5. The fraction of sp³-hybridized carbons (Fsp3) is 0.154. The van der Waals surface area contributed by atoms with Gasteiger partial charge in [0.15, 0.2) is 5.16 Å². The predicted molar refractivity (Wildman–Crippen MR) is 74.5 cm³/mol. The molecule has 0 spiro atoms. The van der Waals surface area contributed by atoms with Crippen LogP contribution in [0.4, 0.5) is 10.2 Å². The fourth-order valence-electron chi connectivity index (χ4n) is 1.45. The molecule has 1 N–H and O–H groups in total. The summed E-state index contributed by atoms with van der Waals surface area (Å²) in [7, 11) is 1.73. The molecule has 0 unspecified atom stereocenters. The third kappa shape index (κ3) is 3.16. The van der Waals surface area contributed by atoms with E-state index >= 15 is 0 Å². The van der Waals surface area contributed by atoms with Gasteiger partial charge in [0.25, 0.3) is 0 Å². The average Bonchev–Trinajstić information content (AvgIpc) is 2.47. The van der Waals surface area contributed by atoms with E-state index in [-0.39, 0.29) is 11.3 Å². The highest BCUT2D eigenvalue weighted by molar-refractivity contribution is 7.98. The van der Waals surface area contributed by atoms with Crippen molar-refractivity contribution in [1.82, 2.24) is 9.97 Å². The molecule has 0 fully saturated rings. The van der Waals surface area contributed by atoms with E-state index in [4.69, 9.17) is 10.00 Å². The maximum atomic E-state index is 13.5. The van der Waals surface area contributed by atoms with Crippen molar-refractivity contribution in [3.8, 4) is 17.7 Å². The van der Waals surface area contributed by atoms with E-state index in [0.29, 0.717) is 16.9 Å². The van der Waals surface area contributed by atoms with E-state index in [1.165, 1.54) is 23.9 Å². The number of nitrogens with one attached hydrogen (secondary N) is 1. The molecular weight excluding hydrogens is 279 g/mol. The van der Waals surface area contributed by atoms with Crippen LogP contribution in [0.15, 0.2) is 29.4 Å². The van der Waals surface area contributed by atoms with Crippen molar-refractivity contribution < 1.29 is 9.13 Å². The van der Waals surface area contributed by atoms with Crippen molar-refractivity contribution >= 4 is 17.6 Å². The lowest BCUT2D eigenvalue weighted by Crippen LogP contribution is -1.98. The van der Waals surface area contributed by atoms with E-state index in [1.54, 1.807) is 19.2 Å². The molecule has 0 atom stereocenters. The number of nitriles is 1. The topological polar surface area (TPSA) is 70.8 Å². The van der Waals surface area contributed by atoms with Gasteiger partial charge in [0.1, 0.15) is 23.5 Å². The summed E-state index contributed by atoms with van der Waals surface area (Å²) in [5.74, 6) is 0.554. The molecule has 2 aromatic rings. The Labute approximate surface area is 119 Å². The molecular formula is C13H11FN4OS. The normalized spacial score (nSPS) is 9.90. The first kappa shape index (κ1) is 14.1. The molecule has 102 valence electrons. The molecule has 1 aromatic carbocycles. The van der Waals surface area contributed by atoms with Crippen molar-refractivity contribution in [2.45, 2.75) is 5.16 Å². The predicted octanol–water partition coefficient (Wildman–Crippen LogP) is 3.04. The third-order valence-electron chi connectivity index (χ3n) is 2.40. The molecule has 0 aliphatic heterocycles. The van der Waals surface area contributed by atoms with Crippen molar-refractivity contribution in [3.05, 3.63) is 35.6 Å². The number of hydrogen-bond donors (Lipinski definition) is 1. The first-order chi connectivity index (χ1) is 9.66. The Morgan fingerprint density at radius 2 is 2.15 bits per heavy atom. The maximum Gasteiger partial charge on any atom is 0.225 e. The van der Waals surface area contributed by atoms with Gasteiger partial charge in [-0.3, -0.25) is 0 Å². The molecule has 2 rings (SSSR count).